The van der Waals surface area contributed by atoms with Gasteiger partial charge in [-0.05, 0) is 46.7 Å². The summed E-state index contributed by atoms with van der Waals surface area (Å²) in [4.78, 5) is 13.6. The van der Waals surface area contributed by atoms with Crippen LogP contribution >= 0.6 is 0 Å². The first-order valence-corrected chi connectivity index (χ1v) is 7.22. The van der Waals surface area contributed by atoms with Crippen molar-refractivity contribution in [3.8, 4) is 0 Å². The van der Waals surface area contributed by atoms with Crippen molar-refractivity contribution in [2.45, 2.75) is 50.9 Å². The maximum atomic E-state index is 12.9. The highest BCUT2D eigenvalue weighted by Crippen LogP contribution is 2.34. The second-order valence-electron chi connectivity index (χ2n) is 6.00. The minimum atomic E-state index is -4.15. The zero-order valence-electron chi connectivity index (χ0n) is 13.1. The third-order valence-electron chi connectivity index (χ3n) is 4.43. The highest BCUT2D eigenvalue weighted by atomic mass is 19.4. The molecular weight excluding hydrogens is 285 g/mol. The Morgan fingerprint density at radius 2 is 2.10 bits per heavy atom. The van der Waals surface area contributed by atoms with Gasteiger partial charge in [0, 0.05) is 12.6 Å². The molecule has 4 nitrogen and oxygen atoms in total. The van der Waals surface area contributed by atoms with Gasteiger partial charge < -0.3 is 10.1 Å². The quantitative estimate of drug-likeness (QED) is 0.791. The molecule has 0 spiro atoms. The van der Waals surface area contributed by atoms with E-state index in [0.29, 0.717) is 19.4 Å². The highest BCUT2D eigenvalue weighted by molar-refractivity contribution is 5.80. The summed E-state index contributed by atoms with van der Waals surface area (Å²) in [6, 6.07) is -0.133. The smallest absolute Gasteiger partial charge is 0.393 e. The molecule has 0 radical (unpaired) electrons. The van der Waals surface area contributed by atoms with Crippen LogP contribution in [0.4, 0.5) is 13.2 Å². The molecule has 0 aromatic rings. The van der Waals surface area contributed by atoms with Gasteiger partial charge >= 0.3 is 12.1 Å². The van der Waals surface area contributed by atoms with Crippen LogP contribution in [0.2, 0.25) is 0 Å². The third-order valence-corrected chi connectivity index (χ3v) is 4.43. The van der Waals surface area contributed by atoms with E-state index in [1.54, 1.807) is 14.0 Å². The Kier molecular flexibility index (Phi) is 6.04. The van der Waals surface area contributed by atoms with E-state index >= 15 is 0 Å². The van der Waals surface area contributed by atoms with Gasteiger partial charge in [0.2, 0.25) is 0 Å². The van der Waals surface area contributed by atoms with Gasteiger partial charge in [0.1, 0.15) is 5.54 Å². The Balaban J connectivity index is 2.70. The van der Waals surface area contributed by atoms with Crippen LogP contribution in [0.3, 0.4) is 0 Å². The minimum absolute atomic E-state index is 0.00559. The van der Waals surface area contributed by atoms with Crippen molar-refractivity contribution in [3.63, 3.8) is 0 Å². The van der Waals surface area contributed by atoms with E-state index in [0.717, 1.165) is 0 Å². The maximum absolute atomic E-state index is 12.9. The molecule has 1 aliphatic heterocycles. The van der Waals surface area contributed by atoms with E-state index in [4.69, 9.17) is 4.74 Å². The van der Waals surface area contributed by atoms with Crippen LogP contribution in [0.5, 0.6) is 0 Å². The average Bonchev–Trinajstić information content (AvgIpc) is 2.45. The van der Waals surface area contributed by atoms with Crippen LogP contribution in [0, 0.1) is 5.92 Å². The SMILES string of the molecule is CNC(C)(CC(C)N1CCCC(C(F)(F)F)C1)C(=O)OC. The first-order chi connectivity index (χ1) is 9.64. The molecule has 124 valence electrons. The zero-order valence-corrected chi connectivity index (χ0v) is 13.1. The fourth-order valence-electron chi connectivity index (χ4n) is 2.91. The lowest BCUT2D eigenvalue weighted by Crippen LogP contribution is -2.54. The Bertz CT molecular complexity index is 363. The molecule has 1 fully saturated rings. The van der Waals surface area contributed by atoms with Gasteiger partial charge in [0.25, 0.3) is 0 Å². The van der Waals surface area contributed by atoms with Gasteiger partial charge in [0.05, 0.1) is 13.0 Å². The predicted octanol–water partition coefficient (Wildman–Crippen LogP) is 2.19. The summed E-state index contributed by atoms with van der Waals surface area (Å²) in [6.07, 6.45) is -3.02. The summed E-state index contributed by atoms with van der Waals surface area (Å²) >= 11 is 0. The standard InChI is InChI=1S/C14H25F3N2O2/c1-10(8-13(2,18-3)12(20)21-4)19-7-5-6-11(9-19)14(15,16)17/h10-11,18H,5-9H2,1-4H3. The molecule has 1 rings (SSSR count). The molecule has 7 heteroatoms. The van der Waals surface area contributed by atoms with Crippen LogP contribution in [0.15, 0.2) is 0 Å². The number of hydrogen-bond acceptors (Lipinski definition) is 4. The Morgan fingerprint density at radius 1 is 1.48 bits per heavy atom. The van der Waals surface area contributed by atoms with Crippen LogP contribution in [-0.2, 0) is 9.53 Å². The number of carbonyl (C=O) groups excluding carboxylic acids is 1. The molecule has 0 saturated carbocycles. The van der Waals surface area contributed by atoms with Crippen LogP contribution in [-0.4, -0.2) is 55.9 Å². The monoisotopic (exact) mass is 310 g/mol. The molecule has 1 N–H and O–H groups in total. The molecule has 0 aromatic heterocycles. The van der Waals surface area contributed by atoms with Gasteiger partial charge in [-0.25, -0.2) is 0 Å². The van der Waals surface area contributed by atoms with Crippen molar-refractivity contribution in [3.05, 3.63) is 0 Å². The normalized spacial score (nSPS) is 25.2. The van der Waals surface area contributed by atoms with Gasteiger partial charge in [-0.15, -0.1) is 0 Å². The van der Waals surface area contributed by atoms with Crippen molar-refractivity contribution >= 4 is 5.97 Å². The zero-order chi connectivity index (χ0) is 16.3. The molecule has 0 bridgehead atoms. The van der Waals surface area contributed by atoms with Gasteiger partial charge in [-0.3, -0.25) is 9.69 Å². The lowest BCUT2D eigenvalue weighted by Gasteiger charge is -2.40. The molecule has 21 heavy (non-hydrogen) atoms. The second-order valence-corrected chi connectivity index (χ2v) is 6.00. The van der Waals surface area contributed by atoms with E-state index in [-0.39, 0.29) is 19.0 Å². The van der Waals surface area contributed by atoms with Crippen LogP contribution in [0.1, 0.15) is 33.1 Å². The number of alkyl halides is 3. The third kappa shape index (κ3) is 4.57. The number of nitrogens with zero attached hydrogens (tertiary/aromatic N) is 1. The Morgan fingerprint density at radius 3 is 2.57 bits per heavy atom. The van der Waals surface area contributed by atoms with E-state index in [2.05, 4.69) is 5.32 Å². The molecule has 0 aromatic carbocycles. The average molecular weight is 310 g/mol. The number of rotatable bonds is 5. The molecule has 1 heterocycles. The van der Waals surface area contributed by atoms with E-state index < -0.39 is 23.6 Å². The highest BCUT2D eigenvalue weighted by Gasteiger charge is 2.43. The maximum Gasteiger partial charge on any atom is 0.393 e. The van der Waals surface area contributed by atoms with Gasteiger partial charge in [0.15, 0.2) is 0 Å². The number of ether oxygens (including phenoxy) is 1. The number of carbonyl (C=O) groups is 1. The summed E-state index contributed by atoms with van der Waals surface area (Å²) < 4.78 is 43.3. The topological polar surface area (TPSA) is 41.6 Å². The first-order valence-electron chi connectivity index (χ1n) is 7.22. The summed E-state index contributed by atoms with van der Waals surface area (Å²) in [5.41, 5.74) is -0.890. The molecule has 3 unspecified atom stereocenters. The van der Waals surface area contributed by atoms with Crippen molar-refractivity contribution < 1.29 is 22.7 Å². The van der Waals surface area contributed by atoms with Gasteiger partial charge in [-0.2, -0.15) is 13.2 Å². The molecule has 0 amide bonds. The minimum Gasteiger partial charge on any atom is -0.468 e. The van der Waals surface area contributed by atoms with Crippen molar-refractivity contribution in [1.29, 1.82) is 0 Å². The fraction of sp³-hybridized carbons (Fsp3) is 0.929. The Labute approximate surface area is 124 Å². The van der Waals surface area contributed by atoms with Crippen molar-refractivity contribution in [2.75, 3.05) is 27.2 Å². The molecule has 0 aliphatic carbocycles. The fourth-order valence-corrected chi connectivity index (χ4v) is 2.91. The summed E-state index contributed by atoms with van der Waals surface area (Å²) in [6.45, 7) is 4.21. The van der Waals surface area contributed by atoms with Crippen molar-refractivity contribution in [2.24, 2.45) is 5.92 Å². The number of piperidine rings is 1. The van der Waals surface area contributed by atoms with Crippen LogP contribution < -0.4 is 5.32 Å². The molecular formula is C14H25F3N2O2. The van der Waals surface area contributed by atoms with Crippen molar-refractivity contribution in [1.82, 2.24) is 10.2 Å². The van der Waals surface area contributed by atoms with E-state index in [1.807, 2.05) is 11.8 Å². The van der Waals surface area contributed by atoms with E-state index in [1.165, 1.54) is 7.11 Å². The summed E-state index contributed by atoms with van der Waals surface area (Å²) in [7, 11) is 2.96. The predicted molar refractivity (Wildman–Crippen MR) is 73.9 cm³/mol. The largest absolute Gasteiger partial charge is 0.468 e. The number of hydrogen-bond donors (Lipinski definition) is 1. The number of likely N-dealkylation sites (tertiary alicyclic amines) is 1. The number of likely N-dealkylation sites (N-methyl/N-ethyl adjacent to an activating group) is 1. The summed E-state index contributed by atoms with van der Waals surface area (Å²) in [5, 5.41) is 2.92. The first kappa shape index (κ1) is 18.2. The molecule has 1 aliphatic rings. The van der Waals surface area contributed by atoms with Crippen LogP contribution in [0.25, 0.3) is 0 Å². The lowest BCUT2D eigenvalue weighted by molar-refractivity contribution is -0.188. The van der Waals surface area contributed by atoms with Gasteiger partial charge in [-0.1, -0.05) is 0 Å². The second kappa shape index (κ2) is 6.96. The van der Waals surface area contributed by atoms with E-state index in [9.17, 15) is 18.0 Å². The Hall–Kier alpha value is -0.820. The number of nitrogens with one attached hydrogen (secondary N) is 1. The number of esters is 1. The molecule has 3 atom stereocenters. The number of halogens is 3. The summed E-state index contributed by atoms with van der Waals surface area (Å²) in [5.74, 6) is -1.67. The molecule has 1 saturated heterocycles. The lowest BCUT2D eigenvalue weighted by atomic mass is 9.90. The number of methoxy groups -OCH3 is 1.